The summed E-state index contributed by atoms with van der Waals surface area (Å²) in [7, 11) is 1.91. The summed E-state index contributed by atoms with van der Waals surface area (Å²) >= 11 is 1.67. The van der Waals surface area contributed by atoms with Gasteiger partial charge in [-0.1, -0.05) is 0 Å². The Kier molecular flexibility index (Phi) is 4.46. The molecule has 16 heavy (non-hydrogen) atoms. The van der Waals surface area contributed by atoms with E-state index in [-0.39, 0.29) is 6.61 Å². The van der Waals surface area contributed by atoms with Crippen molar-refractivity contribution in [3.05, 3.63) is 28.6 Å². The van der Waals surface area contributed by atoms with Gasteiger partial charge < -0.3 is 15.2 Å². The van der Waals surface area contributed by atoms with Crippen molar-refractivity contribution in [2.24, 2.45) is 0 Å². The van der Waals surface area contributed by atoms with Crippen molar-refractivity contribution in [2.45, 2.75) is 13.5 Å². The third-order valence-corrected chi connectivity index (χ3v) is 3.72. The van der Waals surface area contributed by atoms with Gasteiger partial charge in [0.25, 0.3) is 0 Å². The summed E-state index contributed by atoms with van der Waals surface area (Å²) in [4.78, 5) is 9.06. The fraction of sp³-hybridized carbons (Fsp3) is 0.250. The first-order valence-corrected chi connectivity index (χ1v) is 5.67. The second kappa shape index (κ2) is 5.63. The number of nitrogens with one attached hydrogen (secondary N) is 1. The van der Waals surface area contributed by atoms with Crippen molar-refractivity contribution < 1.29 is 9.90 Å². The van der Waals surface area contributed by atoms with Crippen molar-refractivity contribution in [1.29, 1.82) is 0 Å². The van der Waals surface area contributed by atoms with Crippen LogP contribution in [0.5, 0.6) is 0 Å². The quantitative estimate of drug-likeness (QED) is 0.844. The first-order valence-electron chi connectivity index (χ1n) is 4.85. The van der Waals surface area contributed by atoms with Gasteiger partial charge in [0.05, 0.1) is 6.61 Å². The molecule has 1 aromatic heterocycles. The molecule has 1 aromatic carbocycles. The highest BCUT2D eigenvalue weighted by molar-refractivity contribution is 7.19. The van der Waals surface area contributed by atoms with E-state index >= 15 is 0 Å². The van der Waals surface area contributed by atoms with Gasteiger partial charge in [-0.15, -0.1) is 11.3 Å². The lowest BCUT2D eigenvalue weighted by Crippen LogP contribution is -1.86. The molecule has 0 aliphatic carbocycles. The molecular formula is C12H15NO2S. The van der Waals surface area contributed by atoms with Gasteiger partial charge in [0.1, 0.15) is 6.79 Å². The summed E-state index contributed by atoms with van der Waals surface area (Å²) in [6.07, 6.45) is 0. The number of aliphatic hydroxyl groups is 1. The molecule has 2 rings (SSSR count). The summed E-state index contributed by atoms with van der Waals surface area (Å²) in [6, 6.07) is 6.28. The Morgan fingerprint density at radius 3 is 2.69 bits per heavy atom. The maximum atomic E-state index is 9.14. The van der Waals surface area contributed by atoms with Crippen molar-refractivity contribution in [2.75, 3.05) is 12.4 Å². The van der Waals surface area contributed by atoms with Crippen LogP contribution >= 0.6 is 11.3 Å². The summed E-state index contributed by atoms with van der Waals surface area (Å²) in [6.45, 7) is 4.20. The molecule has 3 nitrogen and oxygen atoms in total. The predicted molar refractivity (Wildman–Crippen MR) is 69.2 cm³/mol. The minimum atomic E-state index is 0.139. The number of hydrogen-bond acceptors (Lipinski definition) is 4. The summed E-state index contributed by atoms with van der Waals surface area (Å²) in [5.74, 6) is 0. The average Bonchev–Trinajstić information content (AvgIpc) is 2.68. The smallest absolute Gasteiger partial charge is 0.106 e. The van der Waals surface area contributed by atoms with Crippen LogP contribution < -0.4 is 5.32 Å². The van der Waals surface area contributed by atoms with Crippen LogP contribution in [0, 0.1) is 6.92 Å². The Balaban J connectivity index is 0.000000606. The Morgan fingerprint density at radius 1 is 1.44 bits per heavy atom. The zero-order chi connectivity index (χ0) is 12.1. The van der Waals surface area contributed by atoms with Crippen LogP contribution in [0.1, 0.15) is 10.4 Å². The van der Waals surface area contributed by atoms with Gasteiger partial charge >= 0.3 is 0 Å². The van der Waals surface area contributed by atoms with E-state index in [0.717, 1.165) is 10.6 Å². The third-order valence-electron chi connectivity index (χ3n) is 2.47. The van der Waals surface area contributed by atoms with Crippen molar-refractivity contribution in [3.8, 4) is 0 Å². The minimum Gasteiger partial charge on any atom is -0.391 e. The van der Waals surface area contributed by atoms with E-state index in [9.17, 15) is 0 Å². The molecule has 0 saturated carbocycles. The summed E-state index contributed by atoms with van der Waals surface area (Å²) in [5, 5.41) is 13.5. The maximum Gasteiger partial charge on any atom is 0.106 e. The number of aryl methyl sites for hydroxylation is 1. The lowest BCUT2D eigenvalue weighted by atomic mass is 10.1. The molecule has 1 heterocycles. The van der Waals surface area contributed by atoms with Gasteiger partial charge in [0.2, 0.25) is 0 Å². The largest absolute Gasteiger partial charge is 0.391 e. The van der Waals surface area contributed by atoms with Gasteiger partial charge in [0.15, 0.2) is 0 Å². The zero-order valence-electron chi connectivity index (χ0n) is 9.41. The highest BCUT2D eigenvalue weighted by Crippen LogP contribution is 2.32. The van der Waals surface area contributed by atoms with E-state index in [1.54, 1.807) is 11.3 Å². The lowest BCUT2D eigenvalue weighted by molar-refractivity contribution is -0.0979. The number of fused-ring (bicyclic) bond motifs is 1. The molecule has 0 radical (unpaired) electrons. The van der Waals surface area contributed by atoms with Crippen LogP contribution in [0.3, 0.4) is 0 Å². The van der Waals surface area contributed by atoms with Crippen molar-refractivity contribution >= 4 is 33.9 Å². The molecule has 0 spiro atoms. The topological polar surface area (TPSA) is 49.3 Å². The van der Waals surface area contributed by atoms with Gasteiger partial charge in [-0.05, 0) is 36.1 Å². The van der Waals surface area contributed by atoms with Crippen LogP contribution in [-0.2, 0) is 11.4 Å². The summed E-state index contributed by atoms with van der Waals surface area (Å²) in [5.41, 5.74) is 2.31. The van der Waals surface area contributed by atoms with E-state index in [1.165, 1.54) is 15.6 Å². The Hall–Kier alpha value is -1.39. The molecular weight excluding hydrogens is 222 g/mol. The first-order chi connectivity index (χ1) is 7.76. The number of aliphatic hydroxyl groups excluding tert-OH is 1. The molecule has 4 heteroatoms. The zero-order valence-corrected chi connectivity index (χ0v) is 10.2. The fourth-order valence-electron chi connectivity index (χ4n) is 1.58. The van der Waals surface area contributed by atoms with E-state index < -0.39 is 0 Å². The molecule has 0 aliphatic rings. The van der Waals surface area contributed by atoms with E-state index in [0.29, 0.717) is 0 Å². The number of rotatable bonds is 2. The molecule has 0 unspecified atom stereocenters. The molecule has 2 N–H and O–H groups in total. The molecule has 0 fully saturated rings. The van der Waals surface area contributed by atoms with Crippen LogP contribution in [0.2, 0.25) is 0 Å². The number of carbonyl (C=O) groups is 1. The second-order valence-electron chi connectivity index (χ2n) is 3.27. The standard InChI is InChI=1S/C11H13NOS.CH2O/c1-7-9-5-8(12-2)3-4-10(9)14-11(7)6-13;1-2/h3-5,12-13H,6H2,1-2H3;1H2. The molecule has 0 atom stereocenters. The van der Waals surface area contributed by atoms with Crippen LogP contribution in [0.25, 0.3) is 10.1 Å². The number of carbonyl (C=O) groups excluding carboxylic acids is 1. The Bertz CT molecular complexity index is 479. The number of hydrogen-bond donors (Lipinski definition) is 2. The Morgan fingerprint density at radius 2 is 2.12 bits per heavy atom. The number of thiophene rings is 1. The molecule has 0 aliphatic heterocycles. The van der Waals surface area contributed by atoms with Crippen molar-refractivity contribution in [1.82, 2.24) is 0 Å². The molecule has 0 saturated heterocycles. The first kappa shape index (κ1) is 12.7. The average molecular weight is 237 g/mol. The van der Waals surface area contributed by atoms with Crippen LogP contribution in [-0.4, -0.2) is 18.9 Å². The number of benzene rings is 1. The van der Waals surface area contributed by atoms with Gasteiger partial charge in [-0.25, -0.2) is 0 Å². The molecule has 0 bridgehead atoms. The minimum absolute atomic E-state index is 0.139. The predicted octanol–water partition coefficient (Wildman–Crippen LogP) is 2.56. The monoisotopic (exact) mass is 237 g/mol. The second-order valence-corrected chi connectivity index (χ2v) is 4.41. The normalized spacial score (nSPS) is 9.69. The van der Waals surface area contributed by atoms with Gasteiger partial charge in [-0.2, -0.15) is 0 Å². The SMILES string of the molecule is C=O.CNc1ccc2sc(CO)c(C)c2c1. The fourth-order valence-corrected chi connectivity index (χ4v) is 2.63. The highest BCUT2D eigenvalue weighted by Gasteiger charge is 2.07. The molecule has 2 aromatic rings. The third kappa shape index (κ3) is 2.23. The van der Waals surface area contributed by atoms with E-state index in [4.69, 9.17) is 9.90 Å². The molecule has 86 valence electrons. The van der Waals surface area contributed by atoms with Crippen LogP contribution in [0.15, 0.2) is 18.2 Å². The number of anilines is 1. The van der Waals surface area contributed by atoms with E-state index in [2.05, 4.69) is 30.4 Å². The summed E-state index contributed by atoms with van der Waals surface area (Å²) < 4.78 is 1.24. The van der Waals surface area contributed by atoms with Crippen LogP contribution in [0.4, 0.5) is 5.69 Å². The van der Waals surface area contributed by atoms with Crippen molar-refractivity contribution in [3.63, 3.8) is 0 Å². The van der Waals surface area contributed by atoms with E-state index in [1.807, 2.05) is 13.8 Å². The lowest BCUT2D eigenvalue weighted by Gasteiger charge is -1.99. The maximum absolute atomic E-state index is 9.14. The van der Waals surface area contributed by atoms with Gasteiger partial charge in [0, 0.05) is 22.3 Å². The molecule has 0 amide bonds. The Labute approximate surface area is 98.7 Å². The van der Waals surface area contributed by atoms with Gasteiger partial charge in [-0.3, -0.25) is 0 Å². The highest BCUT2D eigenvalue weighted by atomic mass is 32.1.